The largest absolute Gasteiger partial charge is 0.316 e. The van der Waals surface area contributed by atoms with Crippen LogP contribution >= 0.6 is 15.9 Å². The van der Waals surface area contributed by atoms with Gasteiger partial charge in [0.15, 0.2) is 0 Å². The molecule has 48 valence electrons. The molecule has 1 rings (SSSR count). The molecular weight excluding hydrogens is 166 g/mol. The van der Waals surface area contributed by atoms with Crippen molar-refractivity contribution in [2.75, 3.05) is 13.1 Å². The van der Waals surface area contributed by atoms with E-state index in [1.165, 1.54) is 13.0 Å². The molecule has 2 heteroatoms. The van der Waals surface area contributed by atoms with Crippen LogP contribution in [0.4, 0.5) is 0 Å². The van der Waals surface area contributed by atoms with E-state index in [1.807, 2.05) is 0 Å². The van der Waals surface area contributed by atoms with Gasteiger partial charge >= 0.3 is 0 Å². The van der Waals surface area contributed by atoms with Crippen LogP contribution < -0.4 is 5.32 Å². The molecule has 0 aliphatic carbocycles. The molecule has 1 saturated heterocycles. The van der Waals surface area contributed by atoms with Crippen molar-refractivity contribution < 1.29 is 0 Å². The van der Waals surface area contributed by atoms with Crippen molar-refractivity contribution in [3.05, 3.63) is 0 Å². The molecule has 0 spiro atoms. The summed E-state index contributed by atoms with van der Waals surface area (Å²) >= 11 is 3.59. The third-order valence-corrected chi connectivity index (χ3v) is 2.96. The molecule has 0 aromatic carbocycles. The number of piperidine rings is 1. The summed E-state index contributed by atoms with van der Waals surface area (Å²) in [6.45, 7) is 4.63. The first-order chi connectivity index (χ1) is 3.80. The first-order valence-electron chi connectivity index (χ1n) is 3.15. The number of hydrogen-bond donors (Lipinski definition) is 1. The Bertz CT molecular complexity index is 64.9. The lowest BCUT2D eigenvalue weighted by Crippen LogP contribution is -2.35. The van der Waals surface area contributed by atoms with Crippen LogP contribution in [0.15, 0.2) is 0 Å². The molecule has 0 aromatic rings. The van der Waals surface area contributed by atoms with Gasteiger partial charge in [-0.05, 0) is 18.9 Å². The fraction of sp³-hybridized carbons (Fsp3) is 1.00. The maximum Gasteiger partial charge on any atom is 0.0296 e. The van der Waals surface area contributed by atoms with E-state index in [9.17, 15) is 0 Å². The van der Waals surface area contributed by atoms with E-state index in [4.69, 9.17) is 0 Å². The summed E-state index contributed by atoms with van der Waals surface area (Å²) in [5.41, 5.74) is 0. The Kier molecular flexibility index (Phi) is 2.32. The molecule has 2 unspecified atom stereocenters. The zero-order chi connectivity index (χ0) is 5.98. The fourth-order valence-electron chi connectivity index (χ4n) is 0.952. The van der Waals surface area contributed by atoms with Gasteiger partial charge < -0.3 is 5.32 Å². The molecule has 1 heterocycles. The molecule has 1 aliphatic rings. The quantitative estimate of drug-likeness (QED) is 0.552. The van der Waals surface area contributed by atoms with Crippen molar-refractivity contribution in [2.45, 2.75) is 18.2 Å². The molecule has 2 atom stereocenters. The van der Waals surface area contributed by atoms with Gasteiger partial charge in [-0.25, -0.2) is 0 Å². The van der Waals surface area contributed by atoms with Gasteiger partial charge in [-0.1, -0.05) is 22.9 Å². The van der Waals surface area contributed by atoms with Crippen LogP contribution in [0.5, 0.6) is 0 Å². The highest BCUT2D eigenvalue weighted by Gasteiger charge is 2.16. The van der Waals surface area contributed by atoms with Crippen molar-refractivity contribution in [3.63, 3.8) is 0 Å². The van der Waals surface area contributed by atoms with Gasteiger partial charge in [-0.15, -0.1) is 0 Å². The van der Waals surface area contributed by atoms with Crippen molar-refractivity contribution in [3.8, 4) is 0 Å². The number of nitrogens with one attached hydrogen (secondary N) is 1. The Balaban J connectivity index is 2.28. The molecule has 0 amide bonds. The van der Waals surface area contributed by atoms with Crippen LogP contribution in [0, 0.1) is 5.92 Å². The number of alkyl halides is 1. The highest BCUT2D eigenvalue weighted by atomic mass is 79.9. The van der Waals surface area contributed by atoms with Crippen LogP contribution in [0.25, 0.3) is 0 Å². The lowest BCUT2D eigenvalue weighted by molar-refractivity contribution is 0.419. The van der Waals surface area contributed by atoms with Gasteiger partial charge in [0.25, 0.3) is 0 Å². The monoisotopic (exact) mass is 177 g/mol. The van der Waals surface area contributed by atoms with E-state index < -0.39 is 0 Å². The Morgan fingerprint density at radius 2 is 2.38 bits per heavy atom. The second kappa shape index (κ2) is 2.83. The van der Waals surface area contributed by atoms with Crippen LogP contribution in [-0.4, -0.2) is 17.9 Å². The molecule has 0 aromatic heterocycles. The van der Waals surface area contributed by atoms with Crippen LogP contribution in [0.3, 0.4) is 0 Å². The zero-order valence-corrected chi connectivity index (χ0v) is 6.74. The zero-order valence-electron chi connectivity index (χ0n) is 5.15. The minimum Gasteiger partial charge on any atom is -0.316 e. The number of rotatable bonds is 0. The lowest BCUT2D eigenvalue weighted by atomic mass is 10.0. The van der Waals surface area contributed by atoms with Gasteiger partial charge in [0.05, 0.1) is 0 Å². The van der Waals surface area contributed by atoms with Crippen molar-refractivity contribution >= 4 is 15.9 Å². The predicted octanol–water partition coefficient (Wildman–Crippen LogP) is 1.38. The minimum atomic E-state index is 0.705. The van der Waals surface area contributed by atoms with Gasteiger partial charge in [0.2, 0.25) is 0 Å². The van der Waals surface area contributed by atoms with Crippen molar-refractivity contribution in [1.82, 2.24) is 5.32 Å². The van der Waals surface area contributed by atoms with Crippen molar-refractivity contribution in [1.29, 1.82) is 0 Å². The molecule has 0 radical (unpaired) electrons. The first-order valence-corrected chi connectivity index (χ1v) is 4.07. The van der Waals surface area contributed by atoms with E-state index >= 15 is 0 Å². The molecule has 8 heavy (non-hydrogen) atoms. The summed E-state index contributed by atoms with van der Waals surface area (Å²) < 4.78 is 0. The van der Waals surface area contributed by atoms with Crippen LogP contribution in [-0.2, 0) is 0 Å². The van der Waals surface area contributed by atoms with E-state index in [0.29, 0.717) is 4.83 Å². The standard InChI is InChI=1S/C6H12BrN/c1-5-2-3-8-4-6(5)7/h5-6,8H,2-4H2,1H3. The van der Waals surface area contributed by atoms with E-state index in [-0.39, 0.29) is 0 Å². The Morgan fingerprint density at radius 3 is 2.75 bits per heavy atom. The molecule has 1 nitrogen and oxygen atoms in total. The molecular formula is C6H12BrN. The predicted molar refractivity (Wildman–Crippen MR) is 39.4 cm³/mol. The van der Waals surface area contributed by atoms with E-state index in [0.717, 1.165) is 12.5 Å². The maximum absolute atomic E-state index is 3.59. The Hall–Kier alpha value is 0.440. The third-order valence-electron chi connectivity index (χ3n) is 1.73. The Labute approximate surface area is 59.0 Å². The van der Waals surface area contributed by atoms with Gasteiger partial charge in [0, 0.05) is 11.4 Å². The van der Waals surface area contributed by atoms with Gasteiger partial charge in [-0.3, -0.25) is 0 Å². The summed E-state index contributed by atoms with van der Waals surface area (Å²) in [5.74, 6) is 0.858. The van der Waals surface area contributed by atoms with E-state index in [1.54, 1.807) is 0 Å². The third kappa shape index (κ3) is 1.46. The first kappa shape index (κ1) is 6.56. The van der Waals surface area contributed by atoms with Crippen LogP contribution in [0.2, 0.25) is 0 Å². The molecule has 1 N–H and O–H groups in total. The molecule has 0 saturated carbocycles. The smallest absolute Gasteiger partial charge is 0.0296 e. The summed E-state index contributed by atoms with van der Waals surface area (Å²) in [6, 6.07) is 0. The number of halogens is 1. The molecule has 0 bridgehead atoms. The van der Waals surface area contributed by atoms with Gasteiger partial charge in [-0.2, -0.15) is 0 Å². The van der Waals surface area contributed by atoms with Crippen LogP contribution in [0.1, 0.15) is 13.3 Å². The lowest BCUT2D eigenvalue weighted by Gasteiger charge is -2.24. The minimum absolute atomic E-state index is 0.705. The van der Waals surface area contributed by atoms with E-state index in [2.05, 4.69) is 28.2 Å². The topological polar surface area (TPSA) is 12.0 Å². The summed E-state index contributed by atoms with van der Waals surface area (Å²) in [5, 5.41) is 3.32. The average molecular weight is 178 g/mol. The maximum atomic E-state index is 3.59. The fourth-order valence-corrected chi connectivity index (χ4v) is 1.44. The Morgan fingerprint density at radius 1 is 1.62 bits per heavy atom. The molecule has 1 fully saturated rings. The second-order valence-corrected chi connectivity index (χ2v) is 3.66. The summed E-state index contributed by atoms with van der Waals surface area (Å²) in [6.07, 6.45) is 1.32. The SMILES string of the molecule is CC1CCNCC1Br. The summed E-state index contributed by atoms with van der Waals surface area (Å²) in [7, 11) is 0. The highest BCUT2D eigenvalue weighted by molar-refractivity contribution is 9.09. The van der Waals surface area contributed by atoms with Crippen molar-refractivity contribution in [2.24, 2.45) is 5.92 Å². The summed E-state index contributed by atoms with van der Waals surface area (Å²) in [4.78, 5) is 0.705. The average Bonchev–Trinajstić information content (AvgIpc) is 1.77. The second-order valence-electron chi connectivity index (χ2n) is 2.49. The molecule has 1 aliphatic heterocycles. The van der Waals surface area contributed by atoms with Gasteiger partial charge in [0.1, 0.15) is 0 Å². The number of hydrogen-bond acceptors (Lipinski definition) is 1. The normalized spacial score (nSPS) is 39.8. The highest BCUT2D eigenvalue weighted by Crippen LogP contribution is 2.17.